The lowest BCUT2D eigenvalue weighted by Crippen LogP contribution is -2.34. The molecule has 1 aromatic carbocycles. The van der Waals surface area contributed by atoms with Gasteiger partial charge in [0.05, 0.1) is 12.1 Å². The van der Waals surface area contributed by atoms with Crippen LogP contribution in [0, 0.1) is 0 Å². The lowest BCUT2D eigenvalue weighted by Gasteiger charge is -2.28. The summed E-state index contributed by atoms with van der Waals surface area (Å²) in [5.41, 5.74) is 1.30. The topological polar surface area (TPSA) is 79.4 Å². The maximum absolute atomic E-state index is 13.4. The number of benzene rings is 1. The minimum atomic E-state index is -4.54. The number of alkyl halides is 3. The third-order valence-corrected chi connectivity index (χ3v) is 6.59. The van der Waals surface area contributed by atoms with Crippen LogP contribution < -0.4 is 10.6 Å². The first kappa shape index (κ1) is 22.7. The van der Waals surface area contributed by atoms with E-state index in [1.165, 1.54) is 0 Å². The van der Waals surface area contributed by atoms with E-state index in [0.717, 1.165) is 49.4 Å². The highest BCUT2D eigenvalue weighted by atomic mass is 19.4. The van der Waals surface area contributed by atoms with Crippen LogP contribution >= 0.6 is 0 Å². The molecule has 3 aliphatic rings. The molecule has 1 amide bonds. The molecular weight excluding hydrogens is 447 g/mol. The Morgan fingerprint density at radius 2 is 1.79 bits per heavy atom. The summed E-state index contributed by atoms with van der Waals surface area (Å²) in [5.74, 6) is -0.118. The van der Waals surface area contributed by atoms with Crippen molar-refractivity contribution in [2.75, 3.05) is 10.6 Å². The highest BCUT2D eigenvalue weighted by Crippen LogP contribution is 2.54. The van der Waals surface area contributed by atoms with Crippen LogP contribution in [0.3, 0.4) is 0 Å². The molecule has 182 valence electrons. The van der Waals surface area contributed by atoms with Crippen LogP contribution in [-0.2, 0) is 10.9 Å². The van der Waals surface area contributed by atoms with Gasteiger partial charge in [0.1, 0.15) is 17.0 Å². The predicted molar refractivity (Wildman–Crippen MR) is 121 cm³/mol. The molecule has 34 heavy (non-hydrogen) atoms. The number of fused-ring (bicyclic) bond motifs is 5. The van der Waals surface area contributed by atoms with Gasteiger partial charge in [0.2, 0.25) is 5.95 Å². The van der Waals surface area contributed by atoms with Crippen LogP contribution in [0.1, 0.15) is 81.6 Å². The minimum Gasteiger partial charge on any atom is -0.444 e. The van der Waals surface area contributed by atoms with Crippen LogP contribution in [0.2, 0.25) is 0 Å². The van der Waals surface area contributed by atoms with Crippen molar-refractivity contribution in [2.24, 2.45) is 0 Å². The quantitative estimate of drug-likeness (QED) is 0.538. The third kappa shape index (κ3) is 4.25. The van der Waals surface area contributed by atoms with Gasteiger partial charge in [-0.3, -0.25) is 4.90 Å². The standard InChI is InChI=1S/C24H28F3N5O2/c1-23(2,3)34-22(33)32-18-9-10-19(32)16-11-14(7-8-15(16)18)30-21-28-12-17(24(25,26)27)20(31-21)29-13-5-4-6-13/h7-8,11-13,18-19H,4-6,9-10H2,1-3H3,(H2,28,29,30,31)/t18-,19+/m1/s1. The fourth-order valence-electron chi connectivity index (χ4n) is 4.87. The number of ether oxygens (including phenoxy) is 1. The second-order valence-corrected chi connectivity index (χ2v) is 10.2. The van der Waals surface area contributed by atoms with Crippen molar-refractivity contribution in [3.63, 3.8) is 0 Å². The van der Waals surface area contributed by atoms with E-state index >= 15 is 0 Å². The van der Waals surface area contributed by atoms with Crippen molar-refractivity contribution in [3.05, 3.63) is 41.1 Å². The monoisotopic (exact) mass is 475 g/mol. The first-order valence-electron chi connectivity index (χ1n) is 11.6. The molecule has 0 radical (unpaired) electrons. The van der Waals surface area contributed by atoms with Gasteiger partial charge in [-0.25, -0.2) is 9.78 Å². The van der Waals surface area contributed by atoms with E-state index in [9.17, 15) is 18.0 Å². The van der Waals surface area contributed by atoms with E-state index in [0.29, 0.717) is 5.69 Å². The number of rotatable bonds is 4. The molecule has 2 N–H and O–H groups in total. The summed E-state index contributed by atoms with van der Waals surface area (Å²) < 4.78 is 45.9. The van der Waals surface area contributed by atoms with Crippen LogP contribution in [-0.4, -0.2) is 32.6 Å². The van der Waals surface area contributed by atoms with Crippen molar-refractivity contribution in [3.8, 4) is 0 Å². The lowest BCUT2D eigenvalue weighted by atomic mass is 9.91. The molecule has 2 atom stereocenters. The SMILES string of the molecule is CC(C)(C)OC(=O)N1[C@@H]2CC[C@H]1c1cc(Nc3ncc(C(F)(F)F)c(NC4CCC4)n3)ccc12. The van der Waals surface area contributed by atoms with Gasteiger partial charge in [-0.05, 0) is 76.1 Å². The summed E-state index contributed by atoms with van der Waals surface area (Å²) in [6.45, 7) is 5.53. The Labute approximate surface area is 196 Å². The van der Waals surface area contributed by atoms with Gasteiger partial charge in [0, 0.05) is 17.9 Å². The van der Waals surface area contributed by atoms with Crippen molar-refractivity contribution in [1.29, 1.82) is 0 Å². The number of aromatic nitrogens is 2. The number of carbonyl (C=O) groups is 1. The van der Waals surface area contributed by atoms with Crippen molar-refractivity contribution in [1.82, 2.24) is 14.9 Å². The van der Waals surface area contributed by atoms with Gasteiger partial charge < -0.3 is 15.4 Å². The van der Waals surface area contributed by atoms with Gasteiger partial charge in [0.25, 0.3) is 0 Å². The number of nitrogens with zero attached hydrogens (tertiary/aromatic N) is 3. The zero-order valence-electron chi connectivity index (χ0n) is 19.4. The lowest BCUT2D eigenvalue weighted by molar-refractivity contribution is -0.137. The van der Waals surface area contributed by atoms with Crippen molar-refractivity contribution in [2.45, 2.75) is 82.8 Å². The van der Waals surface area contributed by atoms with Crippen molar-refractivity contribution >= 4 is 23.5 Å². The molecule has 5 rings (SSSR count). The normalized spacial score (nSPS) is 21.8. The van der Waals surface area contributed by atoms with Crippen LogP contribution in [0.5, 0.6) is 0 Å². The molecule has 2 fully saturated rings. The van der Waals surface area contributed by atoms with Gasteiger partial charge in [0.15, 0.2) is 0 Å². The Morgan fingerprint density at radius 3 is 2.41 bits per heavy atom. The molecule has 2 aliphatic heterocycles. The summed E-state index contributed by atoms with van der Waals surface area (Å²) in [7, 11) is 0. The first-order chi connectivity index (χ1) is 16.0. The minimum absolute atomic E-state index is 0.00164. The largest absolute Gasteiger partial charge is 0.444 e. The Bertz CT molecular complexity index is 1110. The molecular formula is C24H28F3N5O2. The number of halogens is 3. The molecule has 2 aromatic rings. The number of hydrogen-bond donors (Lipinski definition) is 2. The summed E-state index contributed by atoms with van der Waals surface area (Å²) >= 11 is 0. The van der Waals surface area contributed by atoms with Gasteiger partial charge >= 0.3 is 12.3 Å². The summed E-state index contributed by atoms with van der Waals surface area (Å²) in [6.07, 6.45) is 0.306. The number of carbonyl (C=O) groups excluding carboxylic acids is 1. The van der Waals surface area contributed by atoms with E-state index in [1.54, 1.807) is 4.90 Å². The smallest absolute Gasteiger partial charge is 0.421 e. The van der Waals surface area contributed by atoms with E-state index in [2.05, 4.69) is 20.6 Å². The van der Waals surface area contributed by atoms with E-state index in [-0.39, 0.29) is 36.0 Å². The number of anilines is 3. The van der Waals surface area contributed by atoms with Crippen LogP contribution in [0.25, 0.3) is 0 Å². The van der Waals surface area contributed by atoms with E-state index < -0.39 is 17.3 Å². The third-order valence-electron chi connectivity index (χ3n) is 6.59. The fraction of sp³-hybridized carbons (Fsp3) is 0.542. The summed E-state index contributed by atoms with van der Waals surface area (Å²) in [6, 6.07) is 5.61. The zero-order valence-corrected chi connectivity index (χ0v) is 19.4. The van der Waals surface area contributed by atoms with Crippen LogP contribution in [0.4, 0.5) is 35.4 Å². The van der Waals surface area contributed by atoms with Crippen molar-refractivity contribution < 1.29 is 22.7 Å². The van der Waals surface area contributed by atoms with E-state index in [4.69, 9.17) is 4.74 Å². The van der Waals surface area contributed by atoms with Gasteiger partial charge in [-0.1, -0.05) is 6.07 Å². The molecule has 10 heteroatoms. The zero-order chi connectivity index (χ0) is 24.3. The maximum atomic E-state index is 13.4. The van der Waals surface area contributed by atoms with Gasteiger partial charge in [-0.2, -0.15) is 18.2 Å². The molecule has 1 aliphatic carbocycles. The number of hydrogen-bond acceptors (Lipinski definition) is 6. The van der Waals surface area contributed by atoms with Gasteiger partial charge in [-0.15, -0.1) is 0 Å². The molecule has 7 nitrogen and oxygen atoms in total. The Kier molecular flexibility index (Phi) is 5.37. The van der Waals surface area contributed by atoms with Crippen LogP contribution in [0.15, 0.2) is 24.4 Å². The Balaban J connectivity index is 1.38. The fourth-order valence-corrected chi connectivity index (χ4v) is 4.87. The second kappa shape index (κ2) is 8.02. The second-order valence-electron chi connectivity index (χ2n) is 10.2. The molecule has 1 saturated carbocycles. The molecule has 3 heterocycles. The molecule has 0 unspecified atom stereocenters. The maximum Gasteiger partial charge on any atom is 0.421 e. The highest BCUT2D eigenvalue weighted by Gasteiger charge is 2.48. The predicted octanol–water partition coefficient (Wildman–Crippen LogP) is 6.33. The molecule has 1 saturated heterocycles. The molecule has 1 aromatic heterocycles. The summed E-state index contributed by atoms with van der Waals surface area (Å²) in [4.78, 5) is 22.7. The van der Waals surface area contributed by atoms with E-state index in [1.807, 2.05) is 39.0 Å². The number of nitrogens with one attached hydrogen (secondary N) is 2. The summed E-state index contributed by atoms with van der Waals surface area (Å²) in [5, 5.41) is 5.95. The Morgan fingerprint density at radius 1 is 1.09 bits per heavy atom. The molecule has 0 spiro atoms. The number of amides is 1. The average Bonchev–Trinajstić information content (AvgIpc) is 3.26. The average molecular weight is 476 g/mol. The molecule has 2 bridgehead atoms. The Hall–Kier alpha value is -3.04. The first-order valence-corrected chi connectivity index (χ1v) is 11.6. The highest BCUT2D eigenvalue weighted by molar-refractivity contribution is 5.73.